The summed E-state index contributed by atoms with van der Waals surface area (Å²) in [6.45, 7) is 1.35. The van der Waals surface area contributed by atoms with Gasteiger partial charge in [-0.2, -0.15) is 0 Å². The monoisotopic (exact) mass is 413 g/mol. The van der Waals surface area contributed by atoms with Crippen molar-refractivity contribution in [2.24, 2.45) is 0 Å². The van der Waals surface area contributed by atoms with Crippen molar-refractivity contribution >= 4 is 17.5 Å². The van der Waals surface area contributed by atoms with E-state index in [0.29, 0.717) is 23.7 Å². The summed E-state index contributed by atoms with van der Waals surface area (Å²) in [5, 5.41) is 0.508. The highest BCUT2D eigenvalue weighted by Crippen LogP contribution is 2.24. The van der Waals surface area contributed by atoms with Gasteiger partial charge in [0.05, 0.1) is 12.7 Å². The molecule has 0 saturated carbocycles. The SMILES string of the molecule is O=C(c1cccc(Cl)c1)N1CCC[C@H](OCc2ccc(OC(F)(F)F)cc2)C1. The quantitative estimate of drug-likeness (QED) is 0.687. The lowest BCUT2D eigenvalue weighted by Crippen LogP contribution is -2.43. The van der Waals surface area contributed by atoms with E-state index in [0.717, 1.165) is 18.4 Å². The second kappa shape index (κ2) is 8.84. The number of amides is 1. The Balaban J connectivity index is 1.53. The van der Waals surface area contributed by atoms with Crippen LogP contribution in [0.1, 0.15) is 28.8 Å². The molecule has 1 aliphatic heterocycles. The number of rotatable bonds is 5. The van der Waals surface area contributed by atoms with Gasteiger partial charge in [-0.15, -0.1) is 13.2 Å². The Morgan fingerprint density at radius 1 is 1.18 bits per heavy atom. The number of ether oxygens (including phenoxy) is 2. The standard InChI is InChI=1S/C20H19ClF3NO3/c21-16-4-1-3-15(11-16)19(26)25-10-2-5-18(12-25)27-13-14-6-8-17(9-7-14)28-20(22,23)24/h1,3-4,6-9,11,18H,2,5,10,12-13H2/t18-/m0/s1. The van der Waals surface area contributed by atoms with Gasteiger partial charge in [0.1, 0.15) is 5.75 Å². The number of carbonyl (C=O) groups excluding carboxylic acids is 1. The lowest BCUT2D eigenvalue weighted by atomic mass is 10.1. The lowest BCUT2D eigenvalue weighted by Gasteiger charge is -2.32. The highest BCUT2D eigenvalue weighted by atomic mass is 35.5. The van der Waals surface area contributed by atoms with Gasteiger partial charge in [0, 0.05) is 23.7 Å². The third-order valence-electron chi connectivity index (χ3n) is 4.38. The third-order valence-corrected chi connectivity index (χ3v) is 4.61. The zero-order valence-corrected chi connectivity index (χ0v) is 15.7. The summed E-state index contributed by atoms with van der Waals surface area (Å²) in [6, 6.07) is 12.4. The molecule has 1 aliphatic rings. The van der Waals surface area contributed by atoms with Crippen LogP contribution in [0.25, 0.3) is 0 Å². The van der Waals surface area contributed by atoms with Crippen LogP contribution in [0.2, 0.25) is 5.02 Å². The van der Waals surface area contributed by atoms with E-state index in [1.165, 1.54) is 24.3 Å². The molecule has 0 radical (unpaired) electrons. The Labute approximate surface area is 165 Å². The van der Waals surface area contributed by atoms with Gasteiger partial charge in [-0.25, -0.2) is 0 Å². The van der Waals surface area contributed by atoms with Crippen LogP contribution in [0.3, 0.4) is 0 Å². The maximum Gasteiger partial charge on any atom is 0.573 e. The molecule has 3 rings (SSSR count). The number of halogens is 4. The van der Waals surface area contributed by atoms with E-state index >= 15 is 0 Å². The number of benzene rings is 2. The summed E-state index contributed by atoms with van der Waals surface area (Å²) in [5.41, 5.74) is 1.27. The largest absolute Gasteiger partial charge is 0.573 e. The van der Waals surface area contributed by atoms with Crippen molar-refractivity contribution in [3.05, 3.63) is 64.7 Å². The summed E-state index contributed by atoms with van der Waals surface area (Å²) in [4.78, 5) is 14.4. The molecule has 0 unspecified atom stereocenters. The molecule has 0 aliphatic carbocycles. The molecule has 1 fully saturated rings. The van der Waals surface area contributed by atoms with Crippen LogP contribution in [0.4, 0.5) is 13.2 Å². The van der Waals surface area contributed by atoms with Crippen molar-refractivity contribution in [3.8, 4) is 5.75 Å². The molecule has 0 N–H and O–H groups in total. The van der Waals surface area contributed by atoms with E-state index in [9.17, 15) is 18.0 Å². The molecule has 2 aromatic rings. The van der Waals surface area contributed by atoms with Crippen LogP contribution in [-0.4, -0.2) is 36.4 Å². The molecule has 150 valence electrons. The smallest absolute Gasteiger partial charge is 0.406 e. The molecule has 8 heteroatoms. The van der Waals surface area contributed by atoms with Crippen LogP contribution < -0.4 is 4.74 Å². The summed E-state index contributed by atoms with van der Waals surface area (Å²) in [5.74, 6) is -0.364. The van der Waals surface area contributed by atoms with Gasteiger partial charge in [0.2, 0.25) is 0 Å². The number of nitrogens with zero attached hydrogens (tertiary/aromatic N) is 1. The fraction of sp³-hybridized carbons (Fsp3) is 0.350. The topological polar surface area (TPSA) is 38.8 Å². The van der Waals surface area contributed by atoms with Crippen molar-refractivity contribution in [2.75, 3.05) is 13.1 Å². The number of carbonyl (C=O) groups is 1. The first-order valence-electron chi connectivity index (χ1n) is 8.81. The molecule has 0 aromatic heterocycles. The molecule has 0 bridgehead atoms. The average Bonchev–Trinajstić information content (AvgIpc) is 2.66. The number of likely N-dealkylation sites (tertiary alicyclic amines) is 1. The molecule has 1 atom stereocenters. The Hall–Kier alpha value is -2.25. The number of hydrogen-bond acceptors (Lipinski definition) is 3. The maximum atomic E-state index is 12.6. The maximum absolute atomic E-state index is 12.6. The Kier molecular flexibility index (Phi) is 6.46. The van der Waals surface area contributed by atoms with E-state index in [-0.39, 0.29) is 24.4 Å². The summed E-state index contributed by atoms with van der Waals surface area (Å²) in [7, 11) is 0. The molecule has 1 amide bonds. The molecular weight excluding hydrogens is 395 g/mol. The number of piperidine rings is 1. The minimum absolute atomic E-state index is 0.0931. The highest BCUT2D eigenvalue weighted by molar-refractivity contribution is 6.30. The van der Waals surface area contributed by atoms with Crippen LogP contribution in [0, 0.1) is 0 Å². The first-order chi connectivity index (χ1) is 13.3. The van der Waals surface area contributed by atoms with Crippen molar-refractivity contribution in [3.63, 3.8) is 0 Å². The molecule has 4 nitrogen and oxygen atoms in total. The first kappa shape index (κ1) is 20.5. The van der Waals surface area contributed by atoms with Gasteiger partial charge in [-0.1, -0.05) is 29.8 Å². The summed E-state index contributed by atoms with van der Waals surface area (Å²) in [6.07, 6.45) is -3.22. The van der Waals surface area contributed by atoms with Crippen molar-refractivity contribution < 1.29 is 27.4 Å². The normalized spacial score (nSPS) is 17.4. The molecular formula is C20H19ClF3NO3. The molecule has 2 aromatic carbocycles. The van der Waals surface area contributed by atoms with Gasteiger partial charge in [0.15, 0.2) is 0 Å². The van der Waals surface area contributed by atoms with Gasteiger partial charge in [-0.05, 0) is 48.7 Å². The molecule has 0 spiro atoms. The van der Waals surface area contributed by atoms with Gasteiger partial charge in [0.25, 0.3) is 5.91 Å². The molecule has 1 heterocycles. The van der Waals surface area contributed by atoms with Gasteiger partial charge in [-0.3, -0.25) is 4.79 Å². The van der Waals surface area contributed by atoms with Crippen molar-refractivity contribution in [1.82, 2.24) is 4.90 Å². The summed E-state index contributed by atoms with van der Waals surface area (Å²) >= 11 is 5.95. The zero-order valence-electron chi connectivity index (χ0n) is 14.9. The average molecular weight is 414 g/mol. The zero-order chi connectivity index (χ0) is 20.1. The molecule has 1 saturated heterocycles. The number of alkyl halides is 3. The Bertz CT molecular complexity index is 811. The van der Waals surface area contributed by atoms with Crippen LogP contribution in [0.5, 0.6) is 5.75 Å². The minimum atomic E-state index is -4.71. The lowest BCUT2D eigenvalue weighted by molar-refractivity contribution is -0.274. The number of hydrogen-bond donors (Lipinski definition) is 0. The second-order valence-corrected chi connectivity index (χ2v) is 6.96. The van der Waals surface area contributed by atoms with Crippen LogP contribution >= 0.6 is 11.6 Å². The van der Waals surface area contributed by atoms with E-state index in [4.69, 9.17) is 16.3 Å². The van der Waals surface area contributed by atoms with E-state index in [2.05, 4.69) is 4.74 Å². The van der Waals surface area contributed by atoms with Gasteiger partial charge < -0.3 is 14.4 Å². The van der Waals surface area contributed by atoms with E-state index < -0.39 is 6.36 Å². The van der Waals surface area contributed by atoms with Crippen molar-refractivity contribution in [2.45, 2.75) is 31.9 Å². The highest BCUT2D eigenvalue weighted by Gasteiger charge is 2.31. The minimum Gasteiger partial charge on any atom is -0.406 e. The van der Waals surface area contributed by atoms with Crippen LogP contribution in [0.15, 0.2) is 48.5 Å². The predicted molar refractivity (Wildman–Crippen MR) is 98.3 cm³/mol. The predicted octanol–water partition coefficient (Wildman–Crippen LogP) is 5.06. The van der Waals surface area contributed by atoms with Crippen LogP contribution in [-0.2, 0) is 11.3 Å². The van der Waals surface area contributed by atoms with E-state index in [1.807, 2.05) is 0 Å². The molecule has 28 heavy (non-hydrogen) atoms. The van der Waals surface area contributed by atoms with Gasteiger partial charge >= 0.3 is 6.36 Å². The fourth-order valence-corrected chi connectivity index (χ4v) is 3.25. The Morgan fingerprint density at radius 3 is 2.61 bits per heavy atom. The third kappa shape index (κ3) is 5.87. The Morgan fingerprint density at radius 2 is 1.93 bits per heavy atom. The second-order valence-electron chi connectivity index (χ2n) is 6.53. The first-order valence-corrected chi connectivity index (χ1v) is 9.19. The van der Waals surface area contributed by atoms with Crippen molar-refractivity contribution in [1.29, 1.82) is 0 Å². The fourth-order valence-electron chi connectivity index (χ4n) is 3.06. The summed E-state index contributed by atoms with van der Waals surface area (Å²) < 4.78 is 46.3. The van der Waals surface area contributed by atoms with E-state index in [1.54, 1.807) is 29.2 Å².